The number of hydrogen-bond donors (Lipinski definition) is 1. The largest absolute Gasteiger partial charge is 0.494 e. The Morgan fingerprint density at radius 3 is 2.54 bits per heavy atom. The predicted molar refractivity (Wildman–Crippen MR) is 111 cm³/mol. The first-order chi connectivity index (χ1) is 12.6. The first kappa shape index (κ1) is 18.3. The standard InChI is InChI=1S/C21H24N2O2S/c1-4-19-18(17-8-6-7-9-20(17)25-19)14-23(3)21(26)22-15-10-12-16(13-11-15)24-5-2/h6-13H,4-5,14H2,1-3H3,(H,22,26). The molecule has 26 heavy (non-hydrogen) atoms. The summed E-state index contributed by atoms with van der Waals surface area (Å²) in [7, 11) is 1.99. The Morgan fingerprint density at radius 1 is 1.12 bits per heavy atom. The van der Waals surface area contributed by atoms with Crippen molar-refractivity contribution in [2.24, 2.45) is 0 Å². The molecule has 4 nitrogen and oxygen atoms in total. The summed E-state index contributed by atoms with van der Waals surface area (Å²) < 4.78 is 11.4. The second kappa shape index (κ2) is 8.23. The van der Waals surface area contributed by atoms with Gasteiger partial charge in [-0.05, 0) is 49.5 Å². The van der Waals surface area contributed by atoms with Crippen LogP contribution in [-0.4, -0.2) is 23.7 Å². The van der Waals surface area contributed by atoms with E-state index in [9.17, 15) is 0 Å². The summed E-state index contributed by atoms with van der Waals surface area (Å²) in [6.07, 6.45) is 0.858. The Morgan fingerprint density at radius 2 is 1.85 bits per heavy atom. The van der Waals surface area contributed by atoms with Gasteiger partial charge in [-0.1, -0.05) is 25.1 Å². The van der Waals surface area contributed by atoms with Gasteiger partial charge in [0, 0.05) is 36.7 Å². The van der Waals surface area contributed by atoms with E-state index in [1.165, 1.54) is 5.56 Å². The van der Waals surface area contributed by atoms with Crippen molar-refractivity contribution in [1.82, 2.24) is 4.90 Å². The van der Waals surface area contributed by atoms with E-state index < -0.39 is 0 Å². The number of nitrogens with zero attached hydrogens (tertiary/aromatic N) is 1. The molecule has 0 bridgehead atoms. The number of thiocarbonyl (C=S) groups is 1. The molecule has 0 spiro atoms. The van der Waals surface area contributed by atoms with E-state index in [0.29, 0.717) is 18.3 Å². The quantitative estimate of drug-likeness (QED) is 0.604. The number of benzene rings is 2. The predicted octanol–water partition coefficient (Wildman–Crippen LogP) is 5.22. The third-order valence-electron chi connectivity index (χ3n) is 4.26. The third kappa shape index (κ3) is 3.99. The van der Waals surface area contributed by atoms with Crippen LogP contribution in [0.4, 0.5) is 5.69 Å². The number of fused-ring (bicyclic) bond motifs is 1. The molecule has 0 saturated heterocycles. The molecule has 0 amide bonds. The van der Waals surface area contributed by atoms with E-state index in [0.717, 1.165) is 34.6 Å². The number of anilines is 1. The number of aryl methyl sites for hydroxylation is 1. The van der Waals surface area contributed by atoms with Crippen LogP contribution >= 0.6 is 12.2 Å². The summed E-state index contributed by atoms with van der Waals surface area (Å²) in [4.78, 5) is 2.03. The second-order valence-corrected chi connectivity index (χ2v) is 6.48. The van der Waals surface area contributed by atoms with Crippen molar-refractivity contribution in [1.29, 1.82) is 0 Å². The van der Waals surface area contributed by atoms with Gasteiger partial charge in [0.05, 0.1) is 6.61 Å². The number of nitrogens with one attached hydrogen (secondary N) is 1. The zero-order valence-corrected chi connectivity index (χ0v) is 16.2. The van der Waals surface area contributed by atoms with Gasteiger partial charge in [-0.3, -0.25) is 0 Å². The molecular formula is C21H24N2O2S. The lowest BCUT2D eigenvalue weighted by Crippen LogP contribution is -2.30. The number of ether oxygens (including phenoxy) is 1. The van der Waals surface area contributed by atoms with Gasteiger partial charge in [-0.15, -0.1) is 0 Å². The van der Waals surface area contributed by atoms with Crippen molar-refractivity contribution in [2.45, 2.75) is 26.8 Å². The Balaban J connectivity index is 1.71. The van der Waals surface area contributed by atoms with Crippen LogP contribution in [0.5, 0.6) is 5.75 Å². The molecule has 1 aromatic heterocycles. The molecular weight excluding hydrogens is 344 g/mol. The second-order valence-electron chi connectivity index (χ2n) is 6.10. The van der Waals surface area contributed by atoms with E-state index >= 15 is 0 Å². The zero-order chi connectivity index (χ0) is 18.5. The molecule has 0 atom stereocenters. The first-order valence-electron chi connectivity index (χ1n) is 8.86. The smallest absolute Gasteiger partial charge is 0.173 e. The van der Waals surface area contributed by atoms with Crippen LogP contribution in [0.2, 0.25) is 0 Å². The number of rotatable bonds is 6. The van der Waals surface area contributed by atoms with Gasteiger partial charge in [0.1, 0.15) is 17.1 Å². The van der Waals surface area contributed by atoms with E-state index in [1.54, 1.807) is 0 Å². The lowest BCUT2D eigenvalue weighted by Gasteiger charge is -2.21. The van der Waals surface area contributed by atoms with E-state index in [4.69, 9.17) is 21.4 Å². The highest BCUT2D eigenvalue weighted by atomic mass is 32.1. The summed E-state index contributed by atoms with van der Waals surface area (Å²) >= 11 is 5.57. The van der Waals surface area contributed by atoms with Gasteiger partial charge in [-0.25, -0.2) is 0 Å². The summed E-state index contributed by atoms with van der Waals surface area (Å²) in [6, 6.07) is 16.0. The van der Waals surface area contributed by atoms with Crippen LogP contribution in [0, 0.1) is 0 Å². The molecule has 0 radical (unpaired) electrons. The number of para-hydroxylation sites is 1. The molecule has 0 aliphatic heterocycles. The Bertz CT molecular complexity index is 887. The van der Waals surface area contributed by atoms with Crippen LogP contribution in [-0.2, 0) is 13.0 Å². The SMILES string of the molecule is CCOc1ccc(NC(=S)N(C)Cc2c(CC)oc3ccccc23)cc1. The minimum absolute atomic E-state index is 0.659. The molecule has 136 valence electrons. The molecule has 0 aliphatic carbocycles. The van der Waals surface area contributed by atoms with Crippen molar-refractivity contribution in [3.05, 3.63) is 59.9 Å². The van der Waals surface area contributed by atoms with Crippen molar-refractivity contribution >= 4 is 34.0 Å². The molecule has 5 heteroatoms. The van der Waals surface area contributed by atoms with Gasteiger partial charge >= 0.3 is 0 Å². The average molecular weight is 369 g/mol. The summed E-state index contributed by atoms with van der Waals surface area (Å²) in [5.41, 5.74) is 3.07. The fraction of sp³-hybridized carbons (Fsp3) is 0.286. The van der Waals surface area contributed by atoms with E-state index in [-0.39, 0.29) is 0 Å². The maximum atomic E-state index is 5.98. The van der Waals surface area contributed by atoms with Crippen LogP contribution in [0.25, 0.3) is 11.0 Å². The molecule has 0 saturated carbocycles. The average Bonchev–Trinajstić information content (AvgIpc) is 3.01. The van der Waals surface area contributed by atoms with Gasteiger partial charge < -0.3 is 19.4 Å². The molecule has 0 fully saturated rings. The number of hydrogen-bond acceptors (Lipinski definition) is 3. The molecule has 0 unspecified atom stereocenters. The highest BCUT2D eigenvalue weighted by Crippen LogP contribution is 2.27. The summed E-state index contributed by atoms with van der Waals surface area (Å²) in [5.74, 6) is 1.87. The molecule has 2 aromatic carbocycles. The fourth-order valence-electron chi connectivity index (χ4n) is 2.94. The van der Waals surface area contributed by atoms with Crippen LogP contribution in [0.15, 0.2) is 52.9 Å². The normalized spacial score (nSPS) is 10.7. The van der Waals surface area contributed by atoms with Crippen LogP contribution in [0.1, 0.15) is 25.2 Å². The minimum Gasteiger partial charge on any atom is -0.494 e. The van der Waals surface area contributed by atoms with E-state index in [2.05, 4.69) is 18.3 Å². The van der Waals surface area contributed by atoms with Crippen molar-refractivity contribution in [2.75, 3.05) is 19.0 Å². The molecule has 3 aromatic rings. The van der Waals surface area contributed by atoms with Crippen molar-refractivity contribution < 1.29 is 9.15 Å². The van der Waals surface area contributed by atoms with Gasteiger partial charge in [0.2, 0.25) is 0 Å². The Kier molecular flexibility index (Phi) is 5.78. The van der Waals surface area contributed by atoms with Gasteiger partial charge in [0.15, 0.2) is 5.11 Å². The van der Waals surface area contributed by atoms with Crippen molar-refractivity contribution in [3.63, 3.8) is 0 Å². The first-order valence-corrected chi connectivity index (χ1v) is 9.27. The van der Waals surface area contributed by atoms with Gasteiger partial charge in [-0.2, -0.15) is 0 Å². The Labute approximate surface area is 159 Å². The molecule has 0 aliphatic rings. The molecule has 1 N–H and O–H groups in total. The highest BCUT2D eigenvalue weighted by Gasteiger charge is 2.15. The molecule has 3 rings (SSSR count). The maximum Gasteiger partial charge on any atom is 0.173 e. The lowest BCUT2D eigenvalue weighted by molar-refractivity contribution is 0.340. The maximum absolute atomic E-state index is 5.98. The summed E-state index contributed by atoms with van der Waals surface area (Å²) in [5, 5.41) is 5.10. The van der Waals surface area contributed by atoms with Gasteiger partial charge in [0.25, 0.3) is 0 Å². The fourth-order valence-corrected chi connectivity index (χ4v) is 3.12. The summed E-state index contributed by atoms with van der Waals surface area (Å²) in [6.45, 7) is 5.44. The topological polar surface area (TPSA) is 37.6 Å². The lowest BCUT2D eigenvalue weighted by atomic mass is 10.1. The monoisotopic (exact) mass is 368 g/mol. The third-order valence-corrected chi connectivity index (χ3v) is 4.68. The van der Waals surface area contributed by atoms with Crippen LogP contribution in [0.3, 0.4) is 0 Å². The molecule has 1 heterocycles. The zero-order valence-electron chi connectivity index (χ0n) is 15.4. The highest BCUT2D eigenvalue weighted by molar-refractivity contribution is 7.80. The van der Waals surface area contributed by atoms with Crippen molar-refractivity contribution in [3.8, 4) is 5.75 Å². The minimum atomic E-state index is 0.659. The van der Waals surface area contributed by atoms with Crippen LogP contribution < -0.4 is 10.1 Å². The number of furan rings is 1. The van der Waals surface area contributed by atoms with E-state index in [1.807, 2.05) is 61.3 Å². The Hall–Kier alpha value is -2.53.